The molecule has 112 valence electrons. The molecule has 0 spiro atoms. The van der Waals surface area contributed by atoms with E-state index >= 15 is 0 Å². The number of carbonyl (C=O) groups is 1. The van der Waals surface area contributed by atoms with Crippen LogP contribution >= 0.6 is 11.3 Å². The van der Waals surface area contributed by atoms with E-state index in [-0.39, 0.29) is 12.4 Å². The minimum Gasteiger partial charge on any atom is -0.466 e. The Balaban J connectivity index is 1.76. The highest BCUT2D eigenvalue weighted by Crippen LogP contribution is 2.29. The lowest BCUT2D eigenvalue weighted by Gasteiger charge is -2.26. The van der Waals surface area contributed by atoms with Crippen LogP contribution < -0.4 is 5.32 Å². The lowest BCUT2D eigenvalue weighted by molar-refractivity contribution is -0.142. The van der Waals surface area contributed by atoms with Crippen LogP contribution in [0.1, 0.15) is 45.2 Å². The van der Waals surface area contributed by atoms with Crippen LogP contribution in [-0.2, 0) is 16.0 Å². The fourth-order valence-electron chi connectivity index (χ4n) is 2.81. The highest BCUT2D eigenvalue weighted by Gasteiger charge is 2.19. The summed E-state index contributed by atoms with van der Waals surface area (Å²) in [6.07, 6.45) is 5.62. The molecule has 0 radical (unpaired) electrons. The van der Waals surface area contributed by atoms with Crippen LogP contribution in [0.5, 0.6) is 0 Å². The third-order valence-electron chi connectivity index (χ3n) is 3.77. The lowest BCUT2D eigenvalue weighted by Crippen LogP contribution is -2.21. The van der Waals surface area contributed by atoms with Gasteiger partial charge in [0.15, 0.2) is 5.13 Å². The van der Waals surface area contributed by atoms with Gasteiger partial charge in [0.2, 0.25) is 0 Å². The zero-order valence-electron chi connectivity index (χ0n) is 12.4. The minimum absolute atomic E-state index is 0.203. The van der Waals surface area contributed by atoms with Crippen LogP contribution in [0.2, 0.25) is 0 Å². The van der Waals surface area contributed by atoms with Crippen molar-refractivity contribution in [1.82, 2.24) is 4.98 Å². The van der Waals surface area contributed by atoms with Crippen LogP contribution in [0.3, 0.4) is 0 Å². The minimum atomic E-state index is -0.203. The number of thiazole rings is 1. The normalized spacial score (nSPS) is 22.5. The molecule has 2 rings (SSSR count). The fraction of sp³-hybridized carbons (Fsp3) is 0.733. The predicted octanol–water partition coefficient (Wildman–Crippen LogP) is 3.49. The number of nitrogens with one attached hydrogen (secondary N) is 1. The van der Waals surface area contributed by atoms with E-state index in [9.17, 15) is 4.79 Å². The number of hydrogen-bond donors (Lipinski definition) is 1. The number of rotatable bonds is 6. The Morgan fingerprint density at radius 2 is 2.40 bits per heavy atom. The maximum absolute atomic E-state index is 11.4. The average molecular weight is 296 g/mol. The first-order valence-electron chi connectivity index (χ1n) is 7.51. The van der Waals surface area contributed by atoms with Crippen molar-refractivity contribution in [3.63, 3.8) is 0 Å². The van der Waals surface area contributed by atoms with E-state index in [4.69, 9.17) is 4.74 Å². The molecule has 0 amide bonds. The monoisotopic (exact) mass is 296 g/mol. The molecule has 4 nitrogen and oxygen atoms in total. The Hall–Kier alpha value is -1.10. The Labute approximate surface area is 124 Å². The third-order valence-corrected chi connectivity index (χ3v) is 4.62. The molecule has 1 aromatic rings. The number of hydrogen-bond acceptors (Lipinski definition) is 5. The summed E-state index contributed by atoms with van der Waals surface area (Å²) in [4.78, 5) is 15.8. The van der Waals surface area contributed by atoms with Gasteiger partial charge >= 0.3 is 5.97 Å². The van der Waals surface area contributed by atoms with Crippen molar-refractivity contribution >= 4 is 22.4 Å². The zero-order valence-corrected chi connectivity index (χ0v) is 13.2. The molecule has 1 saturated carbocycles. The van der Waals surface area contributed by atoms with Gasteiger partial charge in [0, 0.05) is 11.9 Å². The summed E-state index contributed by atoms with van der Waals surface area (Å²) in [5, 5.41) is 6.27. The van der Waals surface area contributed by atoms with E-state index < -0.39 is 0 Å². The predicted molar refractivity (Wildman–Crippen MR) is 82.1 cm³/mol. The number of anilines is 1. The van der Waals surface area contributed by atoms with Gasteiger partial charge < -0.3 is 10.1 Å². The number of aromatic nitrogens is 1. The second-order valence-electron chi connectivity index (χ2n) is 5.64. The summed E-state index contributed by atoms with van der Waals surface area (Å²) in [6, 6.07) is 0. The first-order chi connectivity index (χ1) is 9.67. The summed E-state index contributed by atoms with van der Waals surface area (Å²) in [5.41, 5.74) is 0.799. The smallest absolute Gasteiger partial charge is 0.311 e. The summed E-state index contributed by atoms with van der Waals surface area (Å²) >= 11 is 1.57. The molecule has 2 atom stereocenters. The van der Waals surface area contributed by atoms with Gasteiger partial charge in [-0.3, -0.25) is 4.79 Å². The summed E-state index contributed by atoms with van der Waals surface area (Å²) in [5.74, 6) is 1.41. The number of carbonyl (C=O) groups excluding carboxylic acids is 1. The molecule has 5 heteroatoms. The Morgan fingerprint density at radius 1 is 1.55 bits per heavy atom. The molecule has 0 aliphatic heterocycles. The van der Waals surface area contributed by atoms with Crippen molar-refractivity contribution in [2.24, 2.45) is 11.8 Å². The van der Waals surface area contributed by atoms with Gasteiger partial charge in [-0.05, 0) is 31.6 Å². The Morgan fingerprint density at radius 3 is 3.15 bits per heavy atom. The zero-order chi connectivity index (χ0) is 14.4. The molecule has 2 unspecified atom stereocenters. The fourth-order valence-corrected chi connectivity index (χ4v) is 3.53. The molecule has 1 aliphatic rings. The molecular formula is C15H24N2O2S. The topological polar surface area (TPSA) is 51.2 Å². The van der Waals surface area contributed by atoms with E-state index in [2.05, 4.69) is 17.2 Å². The summed E-state index contributed by atoms with van der Waals surface area (Å²) in [6.45, 7) is 5.58. The van der Waals surface area contributed by atoms with E-state index in [1.165, 1.54) is 25.7 Å². The quantitative estimate of drug-likeness (QED) is 0.816. The van der Waals surface area contributed by atoms with Crippen molar-refractivity contribution in [2.45, 2.75) is 46.0 Å². The first kappa shape index (κ1) is 15.3. The summed E-state index contributed by atoms with van der Waals surface area (Å²) < 4.78 is 4.93. The van der Waals surface area contributed by atoms with Crippen molar-refractivity contribution in [3.05, 3.63) is 11.1 Å². The maximum atomic E-state index is 11.4. The Kier molecular flexibility index (Phi) is 5.83. The number of nitrogens with zero attached hydrogens (tertiary/aromatic N) is 1. The molecule has 1 fully saturated rings. The molecular weight excluding hydrogens is 272 g/mol. The first-order valence-corrected chi connectivity index (χ1v) is 8.39. The van der Waals surface area contributed by atoms with Crippen molar-refractivity contribution in [2.75, 3.05) is 18.5 Å². The van der Waals surface area contributed by atoms with Gasteiger partial charge in [-0.25, -0.2) is 4.98 Å². The molecule has 1 heterocycles. The van der Waals surface area contributed by atoms with E-state index in [1.54, 1.807) is 11.3 Å². The SMILES string of the molecule is CCOC(=O)Cc1csc(NCC2CCCC(C)C2)n1. The standard InChI is InChI=1S/C15H24N2O2S/c1-3-19-14(18)8-13-10-20-15(17-13)16-9-12-6-4-5-11(2)7-12/h10-12H,3-9H2,1-2H3,(H,16,17). The average Bonchev–Trinajstić information content (AvgIpc) is 2.84. The van der Waals surface area contributed by atoms with Gasteiger partial charge in [0.25, 0.3) is 0 Å². The second-order valence-corrected chi connectivity index (χ2v) is 6.50. The maximum Gasteiger partial charge on any atom is 0.311 e. The molecule has 20 heavy (non-hydrogen) atoms. The number of esters is 1. The van der Waals surface area contributed by atoms with Gasteiger partial charge in [-0.1, -0.05) is 19.8 Å². The van der Waals surface area contributed by atoms with Crippen LogP contribution in [-0.4, -0.2) is 24.1 Å². The molecule has 1 aliphatic carbocycles. The third kappa shape index (κ3) is 4.78. The van der Waals surface area contributed by atoms with Crippen LogP contribution in [0, 0.1) is 11.8 Å². The van der Waals surface area contributed by atoms with E-state index in [0.29, 0.717) is 6.61 Å². The highest BCUT2D eigenvalue weighted by molar-refractivity contribution is 7.13. The van der Waals surface area contributed by atoms with Crippen molar-refractivity contribution in [3.8, 4) is 0 Å². The van der Waals surface area contributed by atoms with Crippen LogP contribution in [0.15, 0.2) is 5.38 Å². The van der Waals surface area contributed by atoms with E-state index in [1.807, 2.05) is 12.3 Å². The number of ether oxygens (including phenoxy) is 1. The summed E-state index contributed by atoms with van der Waals surface area (Å²) in [7, 11) is 0. The van der Waals surface area contributed by atoms with Gasteiger partial charge in [-0.15, -0.1) is 11.3 Å². The van der Waals surface area contributed by atoms with E-state index in [0.717, 1.165) is 29.2 Å². The van der Waals surface area contributed by atoms with Gasteiger partial charge in [0.05, 0.1) is 18.7 Å². The molecule has 0 aromatic carbocycles. The van der Waals surface area contributed by atoms with Gasteiger partial charge in [-0.2, -0.15) is 0 Å². The molecule has 1 aromatic heterocycles. The van der Waals surface area contributed by atoms with Crippen molar-refractivity contribution < 1.29 is 9.53 Å². The molecule has 0 bridgehead atoms. The molecule has 0 saturated heterocycles. The van der Waals surface area contributed by atoms with Crippen LogP contribution in [0.4, 0.5) is 5.13 Å². The lowest BCUT2D eigenvalue weighted by atomic mass is 9.82. The highest BCUT2D eigenvalue weighted by atomic mass is 32.1. The second kappa shape index (κ2) is 7.62. The largest absolute Gasteiger partial charge is 0.466 e. The molecule has 1 N–H and O–H groups in total. The Bertz CT molecular complexity index is 433. The van der Waals surface area contributed by atoms with Crippen LogP contribution in [0.25, 0.3) is 0 Å². The van der Waals surface area contributed by atoms with Gasteiger partial charge in [0.1, 0.15) is 0 Å². The van der Waals surface area contributed by atoms with Crippen molar-refractivity contribution in [1.29, 1.82) is 0 Å².